The van der Waals surface area contributed by atoms with Crippen LogP contribution in [0.3, 0.4) is 0 Å². The first kappa shape index (κ1) is 18.2. The number of nitrogens with zero attached hydrogens (tertiary/aromatic N) is 2. The quantitative estimate of drug-likeness (QED) is 0.677. The van der Waals surface area contributed by atoms with Gasteiger partial charge in [-0.25, -0.2) is 14.7 Å². The smallest absolute Gasteiger partial charge is 0.329 e. The molecule has 1 aliphatic carbocycles. The van der Waals surface area contributed by atoms with E-state index in [0.717, 1.165) is 21.8 Å². The maximum Gasteiger partial charge on any atom is 0.329 e. The molecule has 30 heavy (non-hydrogen) atoms. The van der Waals surface area contributed by atoms with Gasteiger partial charge in [-0.3, -0.25) is 4.79 Å². The topological polar surface area (TPSA) is 80.8 Å². The van der Waals surface area contributed by atoms with Crippen molar-refractivity contribution in [2.45, 2.75) is 18.4 Å². The molecule has 1 spiro atoms. The second kappa shape index (κ2) is 6.88. The fraction of sp³-hybridized carbons (Fsp3) is 0.174. The number of rotatable bonds is 4. The molecule has 0 atom stereocenters. The maximum atomic E-state index is 13.2. The zero-order valence-electron chi connectivity index (χ0n) is 16.3. The van der Waals surface area contributed by atoms with Crippen molar-refractivity contribution in [1.82, 2.24) is 10.3 Å². The summed E-state index contributed by atoms with van der Waals surface area (Å²) in [7, 11) is 1.60. The zero-order valence-corrected chi connectivity index (χ0v) is 16.3. The summed E-state index contributed by atoms with van der Waals surface area (Å²) < 4.78 is 10.8. The molecule has 1 aromatic heterocycles. The number of carbonyl (C=O) groups is 2. The van der Waals surface area contributed by atoms with E-state index in [1.54, 1.807) is 43.5 Å². The minimum Gasteiger partial charge on any atom is -0.497 e. The van der Waals surface area contributed by atoms with Crippen LogP contribution in [-0.4, -0.2) is 29.6 Å². The van der Waals surface area contributed by atoms with Gasteiger partial charge >= 0.3 is 6.03 Å². The van der Waals surface area contributed by atoms with E-state index in [1.807, 2.05) is 24.3 Å². The Bertz CT molecular complexity index is 1100. The van der Waals surface area contributed by atoms with E-state index in [4.69, 9.17) is 9.47 Å². The van der Waals surface area contributed by atoms with Crippen molar-refractivity contribution in [3.63, 3.8) is 0 Å². The Kier molecular flexibility index (Phi) is 4.17. The van der Waals surface area contributed by atoms with Gasteiger partial charge in [0.05, 0.1) is 19.0 Å². The number of urea groups is 1. The van der Waals surface area contributed by atoms with E-state index in [1.165, 1.54) is 6.20 Å². The summed E-state index contributed by atoms with van der Waals surface area (Å²) in [4.78, 5) is 31.3. The number of ether oxygens (including phenoxy) is 2. The first-order valence-corrected chi connectivity index (χ1v) is 9.59. The molecule has 2 heterocycles. The summed E-state index contributed by atoms with van der Waals surface area (Å²) in [6.45, 7) is 0. The fourth-order valence-corrected chi connectivity index (χ4v) is 4.04. The third-order valence-electron chi connectivity index (χ3n) is 5.53. The molecule has 1 aliphatic heterocycles. The van der Waals surface area contributed by atoms with Crippen LogP contribution in [0.1, 0.15) is 11.1 Å². The number of hydrogen-bond donors (Lipinski definition) is 1. The molecule has 0 unspecified atom stereocenters. The maximum absolute atomic E-state index is 13.2. The molecular formula is C23H19N3O4. The van der Waals surface area contributed by atoms with Gasteiger partial charge in [-0.2, -0.15) is 0 Å². The van der Waals surface area contributed by atoms with Crippen LogP contribution >= 0.6 is 0 Å². The number of anilines is 1. The number of carbonyl (C=O) groups excluding carboxylic acids is 2. The summed E-state index contributed by atoms with van der Waals surface area (Å²) in [5.74, 6) is 1.44. The summed E-state index contributed by atoms with van der Waals surface area (Å²) in [5.41, 5.74) is 1.68. The van der Waals surface area contributed by atoms with Gasteiger partial charge in [0.1, 0.15) is 17.0 Å². The molecule has 0 saturated carbocycles. The molecule has 7 heteroatoms. The van der Waals surface area contributed by atoms with Crippen molar-refractivity contribution in [3.8, 4) is 17.4 Å². The average molecular weight is 401 g/mol. The summed E-state index contributed by atoms with van der Waals surface area (Å²) in [6, 6.07) is 17.9. The summed E-state index contributed by atoms with van der Waals surface area (Å²) >= 11 is 0. The van der Waals surface area contributed by atoms with E-state index < -0.39 is 11.6 Å². The predicted molar refractivity (Wildman–Crippen MR) is 110 cm³/mol. The monoisotopic (exact) mass is 401 g/mol. The Morgan fingerprint density at radius 1 is 0.933 bits per heavy atom. The number of methoxy groups -OCH3 is 1. The second-order valence-electron chi connectivity index (χ2n) is 7.41. The zero-order chi connectivity index (χ0) is 20.7. The fourth-order valence-electron chi connectivity index (χ4n) is 4.04. The Balaban J connectivity index is 1.34. The van der Waals surface area contributed by atoms with Gasteiger partial charge < -0.3 is 14.8 Å². The standard InChI is InChI=1S/C23H19N3O4/c1-29-18-7-9-19(10-8-18)30-20-11-6-17(14-24-20)26-21(27)23(25-22(26)28)12-15-4-2-3-5-16(15)13-23/h2-11,14H,12-13H2,1H3,(H,25,28). The highest BCUT2D eigenvalue weighted by molar-refractivity contribution is 6.23. The third-order valence-corrected chi connectivity index (χ3v) is 5.53. The number of amides is 3. The Labute approximate surface area is 173 Å². The van der Waals surface area contributed by atoms with Crippen LogP contribution in [0.25, 0.3) is 0 Å². The number of benzene rings is 2. The molecule has 7 nitrogen and oxygen atoms in total. The molecule has 0 radical (unpaired) electrons. The minimum atomic E-state index is -0.918. The molecule has 2 aliphatic rings. The highest BCUT2D eigenvalue weighted by Gasteiger charge is 2.54. The van der Waals surface area contributed by atoms with Crippen molar-refractivity contribution < 1.29 is 19.1 Å². The first-order chi connectivity index (χ1) is 14.6. The third kappa shape index (κ3) is 2.95. The van der Waals surface area contributed by atoms with Crippen molar-refractivity contribution in [2.75, 3.05) is 12.0 Å². The molecular weight excluding hydrogens is 382 g/mol. The highest BCUT2D eigenvalue weighted by Crippen LogP contribution is 2.36. The molecule has 2 aromatic carbocycles. The lowest BCUT2D eigenvalue weighted by Crippen LogP contribution is -2.48. The van der Waals surface area contributed by atoms with Gasteiger partial charge in [-0.05, 0) is 41.5 Å². The largest absolute Gasteiger partial charge is 0.497 e. The van der Waals surface area contributed by atoms with Crippen molar-refractivity contribution in [1.29, 1.82) is 0 Å². The van der Waals surface area contributed by atoms with Gasteiger partial charge in [0.15, 0.2) is 0 Å². The molecule has 3 amide bonds. The number of nitrogens with one attached hydrogen (secondary N) is 1. The van der Waals surface area contributed by atoms with Gasteiger partial charge in [0, 0.05) is 18.9 Å². The summed E-state index contributed by atoms with van der Waals surface area (Å²) in [6.07, 6.45) is 2.46. The van der Waals surface area contributed by atoms with Gasteiger partial charge in [-0.15, -0.1) is 0 Å². The number of fused-ring (bicyclic) bond motifs is 1. The van der Waals surface area contributed by atoms with E-state index in [-0.39, 0.29) is 5.91 Å². The van der Waals surface area contributed by atoms with E-state index in [2.05, 4.69) is 10.3 Å². The molecule has 1 saturated heterocycles. The Morgan fingerprint density at radius 3 is 2.20 bits per heavy atom. The van der Waals surface area contributed by atoms with Gasteiger partial charge in [0.25, 0.3) is 5.91 Å². The predicted octanol–water partition coefficient (Wildman–Crippen LogP) is 3.48. The number of aromatic nitrogens is 1. The molecule has 150 valence electrons. The molecule has 5 rings (SSSR count). The summed E-state index contributed by atoms with van der Waals surface area (Å²) in [5, 5.41) is 2.91. The average Bonchev–Trinajstić information content (AvgIpc) is 3.25. The highest BCUT2D eigenvalue weighted by atomic mass is 16.5. The number of hydrogen-bond acceptors (Lipinski definition) is 5. The van der Waals surface area contributed by atoms with Gasteiger partial charge in [0.2, 0.25) is 5.88 Å². The lowest BCUT2D eigenvalue weighted by molar-refractivity contribution is -0.121. The lowest BCUT2D eigenvalue weighted by atomic mass is 9.96. The normalized spacial score (nSPS) is 16.5. The second-order valence-corrected chi connectivity index (χ2v) is 7.41. The van der Waals surface area contributed by atoms with E-state index in [9.17, 15) is 9.59 Å². The van der Waals surface area contributed by atoms with Crippen LogP contribution in [0.2, 0.25) is 0 Å². The van der Waals surface area contributed by atoms with Crippen LogP contribution in [0, 0.1) is 0 Å². The first-order valence-electron chi connectivity index (χ1n) is 9.59. The van der Waals surface area contributed by atoms with Crippen LogP contribution in [0.15, 0.2) is 66.9 Å². The lowest BCUT2D eigenvalue weighted by Gasteiger charge is -2.20. The number of pyridine rings is 1. The molecule has 1 fully saturated rings. The van der Waals surface area contributed by atoms with Crippen molar-refractivity contribution in [2.24, 2.45) is 0 Å². The van der Waals surface area contributed by atoms with Crippen molar-refractivity contribution in [3.05, 3.63) is 78.0 Å². The number of imide groups is 1. The minimum absolute atomic E-state index is 0.255. The van der Waals surface area contributed by atoms with Crippen LogP contribution < -0.4 is 19.7 Å². The Morgan fingerprint density at radius 2 is 1.60 bits per heavy atom. The Hall–Kier alpha value is -3.87. The van der Waals surface area contributed by atoms with Gasteiger partial charge in [-0.1, -0.05) is 24.3 Å². The van der Waals surface area contributed by atoms with Crippen LogP contribution in [0.5, 0.6) is 17.4 Å². The molecule has 0 bridgehead atoms. The molecule has 3 aromatic rings. The van der Waals surface area contributed by atoms with Crippen LogP contribution in [-0.2, 0) is 17.6 Å². The SMILES string of the molecule is COc1ccc(Oc2ccc(N3C(=O)NC4(Cc5ccccc5C4)C3=O)cn2)cc1. The molecule has 1 N–H and O–H groups in total. The van der Waals surface area contributed by atoms with Crippen LogP contribution in [0.4, 0.5) is 10.5 Å². The van der Waals surface area contributed by atoms with E-state index in [0.29, 0.717) is 30.2 Å². The van der Waals surface area contributed by atoms with E-state index >= 15 is 0 Å². The van der Waals surface area contributed by atoms with Crippen molar-refractivity contribution >= 4 is 17.6 Å².